The number of nitrogens with zero attached hydrogens (tertiary/aromatic N) is 1. The van der Waals surface area contributed by atoms with Crippen molar-refractivity contribution in [1.82, 2.24) is 10.4 Å². The molecule has 1 N–H and O–H groups in total. The van der Waals surface area contributed by atoms with Gasteiger partial charge in [-0.1, -0.05) is 15.9 Å². The molecule has 0 aromatic rings. The second kappa shape index (κ2) is 9.58. The van der Waals surface area contributed by atoms with Crippen molar-refractivity contribution in [2.24, 2.45) is 0 Å². The number of alkyl halides is 1. The molecule has 0 aromatic carbocycles. The van der Waals surface area contributed by atoms with Crippen LogP contribution in [0.1, 0.15) is 19.3 Å². The Labute approximate surface area is 113 Å². The van der Waals surface area contributed by atoms with Crippen LogP contribution < -0.4 is 5.32 Å². The zero-order valence-electron chi connectivity index (χ0n) is 9.98. The van der Waals surface area contributed by atoms with Crippen LogP contribution in [0.3, 0.4) is 0 Å². The Balaban J connectivity index is 3.82. The monoisotopic (exact) mass is 322 g/mol. The molecule has 0 bridgehead atoms. The number of hydrogen-bond donors (Lipinski definition) is 1. The molecule has 8 heteroatoms. The number of rotatable bonds is 7. The summed E-state index contributed by atoms with van der Waals surface area (Å²) in [6.45, 7) is 0.139. The summed E-state index contributed by atoms with van der Waals surface area (Å²) in [4.78, 5) is 48.1. The van der Waals surface area contributed by atoms with E-state index in [9.17, 15) is 19.2 Å². The average Bonchev–Trinajstić information content (AvgIpc) is 2.35. The largest absolute Gasteiger partial charge is 0.355 e. The molecule has 2 amide bonds. The minimum Gasteiger partial charge on any atom is -0.355 e. The van der Waals surface area contributed by atoms with Gasteiger partial charge >= 0.3 is 5.97 Å². The summed E-state index contributed by atoms with van der Waals surface area (Å²) in [7, 11) is 1.29. The minimum absolute atomic E-state index is 0.00635. The summed E-state index contributed by atoms with van der Waals surface area (Å²) >= 11 is 2.96. The minimum atomic E-state index is -0.633. The Morgan fingerprint density at radius 2 is 2.00 bits per heavy atom. The number of nitrogens with one attached hydrogen (secondary N) is 1. The van der Waals surface area contributed by atoms with Gasteiger partial charge < -0.3 is 14.9 Å². The molecule has 7 nitrogen and oxygen atoms in total. The van der Waals surface area contributed by atoms with Crippen LogP contribution in [0.2, 0.25) is 0 Å². The molecular formula is C10H15BrN2O5. The summed E-state index contributed by atoms with van der Waals surface area (Å²) in [5.74, 6) is -1.33. The molecule has 0 saturated carbocycles. The number of hydrogen-bond acceptors (Lipinski definition) is 5. The molecular weight excluding hydrogens is 308 g/mol. The van der Waals surface area contributed by atoms with E-state index >= 15 is 0 Å². The standard InChI is InChI=1S/C10H15BrN2O5/c1-13(9(16)3-2-6-14)18-10(17)4-5-12-8(15)7-11/h6H,2-5,7H2,1H3,(H,12,15). The van der Waals surface area contributed by atoms with Crippen LogP contribution in [0.5, 0.6) is 0 Å². The van der Waals surface area contributed by atoms with Gasteiger partial charge in [-0.05, 0) is 0 Å². The van der Waals surface area contributed by atoms with E-state index in [2.05, 4.69) is 21.2 Å². The van der Waals surface area contributed by atoms with Gasteiger partial charge in [-0.2, -0.15) is 5.06 Å². The number of carbonyl (C=O) groups is 4. The van der Waals surface area contributed by atoms with Crippen molar-refractivity contribution in [3.8, 4) is 0 Å². The number of hydroxylamine groups is 2. The zero-order chi connectivity index (χ0) is 14.0. The average molecular weight is 323 g/mol. The van der Waals surface area contributed by atoms with Gasteiger partial charge in [0.1, 0.15) is 6.29 Å². The Bertz CT molecular complexity index is 321. The molecule has 102 valence electrons. The fourth-order valence-corrected chi connectivity index (χ4v) is 1.14. The molecule has 18 heavy (non-hydrogen) atoms. The molecule has 0 heterocycles. The molecule has 0 spiro atoms. The van der Waals surface area contributed by atoms with E-state index in [0.717, 1.165) is 5.06 Å². The Kier molecular flexibility index (Phi) is 8.81. The molecule has 0 aromatic heterocycles. The first-order valence-corrected chi connectivity index (χ1v) is 6.37. The Morgan fingerprint density at radius 3 is 2.56 bits per heavy atom. The summed E-state index contributed by atoms with van der Waals surface area (Å²) in [6, 6.07) is 0. The number of amides is 2. The van der Waals surface area contributed by atoms with Crippen LogP contribution in [-0.2, 0) is 24.0 Å². The first-order chi connectivity index (χ1) is 8.51. The van der Waals surface area contributed by atoms with E-state index in [-0.39, 0.29) is 37.0 Å². The highest BCUT2D eigenvalue weighted by Gasteiger charge is 2.13. The van der Waals surface area contributed by atoms with Gasteiger partial charge in [0.25, 0.3) is 5.91 Å². The van der Waals surface area contributed by atoms with Crippen LogP contribution >= 0.6 is 15.9 Å². The summed E-state index contributed by atoms with van der Waals surface area (Å²) < 4.78 is 0. The van der Waals surface area contributed by atoms with Crippen molar-refractivity contribution in [2.75, 3.05) is 18.9 Å². The maximum atomic E-state index is 11.3. The third-order valence-electron chi connectivity index (χ3n) is 1.84. The third-order valence-corrected chi connectivity index (χ3v) is 2.35. The second-order valence-electron chi connectivity index (χ2n) is 3.29. The molecule has 0 aliphatic heterocycles. The van der Waals surface area contributed by atoms with Crippen molar-refractivity contribution in [3.63, 3.8) is 0 Å². The number of halogens is 1. The lowest BCUT2D eigenvalue weighted by Crippen LogP contribution is -2.32. The van der Waals surface area contributed by atoms with Gasteiger partial charge in [0.2, 0.25) is 5.91 Å². The summed E-state index contributed by atoms with van der Waals surface area (Å²) in [5, 5.41) is 3.41. The molecule has 0 aliphatic carbocycles. The molecule has 0 unspecified atom stereocenters. The Morgan fingerprint density at radius 1 is 1.33 bits per heavy atom. The van der Waals surface area contributed by atoms with Gasteiger partial charge in [0, 0.05) is 26.4 Å². The summed E-state index contributed by atoms with van der Waals surface area (Å²) in [5.41, 5.74) is 0. The molecule has 0 rings (SSSR count). The fourth-order valence-electron chi connectivity index (χ4n) is 0.940. The highest BCUT2D eigenvalue weighted by molar-refractivity contribution is 9.09. The molecule has 0 atom stereocenters. The van der Waals surface area contributed by atoms with Gasteiger partial charge in [0.05, 0.1) is 11.8 Å². The smallest absolute Gasteiger partial charge is 0.334 e. The highest BCUT2D eigenvalue weighted by atomic mass is 79.9. The van der Waals surface area contributed by atoms with E-state index in [4.69, 9.17) is 4.84 Å². The van der Waals surface area contributed by atoms with Crippen molar-refractivity contribution >= 4 is 40.0 Å². The van der Waals surface area contributed by atoms with Gasteiger partial charge in [-0.25, -0.2) is 4.79 Å². The first-order valence-electron chi connectivity index (χ1n) is 5.25. The van der Waals surface area contributed by atoms with Crippen LogP contribution in [0.25, 0.3) is 0 Å². The second-order valence-corrected chi connectivity index (χ2v) is 3.85. The van der Waals surface area contributed by atoms with Crippen molar-refractivity contribution in [2.45, 2.75) is 19.3 Å². The predicted molar refractivity (Wildman–Crippen MR) is 65.6 cm³/mol. The SMILES string of the molecule is CN(OC(=O)CCNC(=O)CBr)C(=O)CCC=O. The van der Waals surface area contributed by atoms with Crippen LogP contribution in [0.4, 0.5) is 0 Å². The molecule has 0 aliphatic rings. The normalized spacial score (nSPS) is 9.44. The first kappa shape index (κ1) is 16.6. The molecule has 0 radical (unpaired) electrons. The van der Waals surface area contributed by atoms with Gasteiger partial charge in [-0.15, -0.1) is 0 Å². The number of carbonyl (C=O) groups excluding carboxylic acids is 4. The fraction of sp³-hybridized carbons (Fsp3) is 0.600. The molecule has 0 fully saturated rings. The van der Waals surface area contributed by atoms with Crippen LogP contribution in [-0.4, -0.2) is 48.1 Å². The predicted octanol–water partition coefficient (Wildman–Crippen LogP) is -0.217. The lowest BCUT2D eigenvalue weighted by Gasteiger charge is -2.15. The quantitative estimate of drug-likeness (QED) is 0.397. The topological polar surface area (TPSA) is 92.8 Å². The van der Waals surface area contributed by atoms with E-state index in [0.29, 0.717) is 6.29 Å². The maximum Gasteiger partial charge on any atom is 0.334 e. The van der Waals surface area contributed by atoms with E-state index < -0.39 is 11.9 Å². The zero-order valence-corrected chi connectivity index (χ0v) is 11.6. The molecule has 0 saturated heterocycles. The van der Waals surface area contributed by atoms with Crippen LogP contribution in [0, 0.1) is 0 Å². The van der Waals surface area contributed by atoms with E-state index in [1.165, 1.54) is 7.05 Å². The number of aldehydes is 1. The maximum absolute atomic E-state index is 11.3. The highest BCUT2D eigenvalue weighted by Crippen LogP contribution is 1.97. The Hall–Kier alpha value is -1.44. The summed E-state index contributed by atoms with van der Waals surface area (Å²) in [6.07, 6.45) is 0.656. The van der Waals surface area contributed by atoms with E-state index in [1.807, 2.05) is 0 Å². The van der Waals surface area contributed by atoms with Crippen molar-refractivity contribution < 1.29 is 24.0 Å². The van der Waals surface area contributed by atoms with Crippen molar-refractivity contribution in [3.05, 3.63) is 0 Å². The van der Waals surface area contributed by atoms with Gasteiger partial charge in [-0.3, -0.25) is 9.59 Å². The lowest BCUT2D eigenvalue weighted by molar-refractivity contribution is -0.192. The van der Waals surface area contributed by atoms with Crippen LogP contribution in [0.15, 0.2) is 0 Å². The van der Waals surface area contributed by atoms with Gasteiger partial charge in [0.15, 0.2) is 0 Å². The van der Waals surface area contributed by atoms with E-state index in [1.54, 1.807) is 0 Å². The third kappa shape index (κ3) is 7.77. The lowest BCUT2D eigenvalue weighted by atomic mass is 10.3. The van der Waals surface area contributed by atoms with Crippen molar-refractivity contribution in [1.29, 1.82) is 0 Å².